The highest BCUT2D eigenvalue weighted by atomic mass is 16.4. The van der Waals surface area contributed by atoms with Crippen molar-refractivity contribution in [3.8, 4) is 0 Å². The fourth-order valence-corrected chi connectivity index (χ4v) is 2.24. The first-order valence-corrected chi connectivity index (χ1v) is 5.85. The van der Waals surface area contributed by atoms with Crippen molar-refractivity contribution in [2.75, 3.05) is 6.61 Å². The third-order valence-corrected chi connectivity index (χ3v) is 3.35. The molecule has 0 bridgehead atoms. The fourth-order valence-electron chi connectivity index (χ4n) is 2.24. The van der Waals surface area contributed by atoms with Crippen LogP contribution in [0.5, 0.6) is 0 Å². The smallest absolute Gasteiger partial charge is 0.407 e. The van der Waals surface area contributed by atoms with E-state index >= 15 is 0 Å². The number of rotatable bonds is 4. The van der Waals surface area contributed by atoms with Crippen LogP contribution in [0.3, 0.4) is 0 Å². The van der Waals surface area contributed by atoms with Gasteiger partial charge in [-0.2, -0.15) is 0 Å². The van der Waals surface area contributed by atoms with Crippen molar-refractivity contribution in [2.45, 2.75) is 25.4 Å². The van der Waals surface area contributed by atoms with Crippen LogP contribution in [-0.4, -0.2) is 33.9 Å². The van der Waals surface area contributed by atoms with Crippen LogP contribution < -0.4 is 0 Å². The first-order chi connectivity index (χ1) is 8.20. The van der Waals surface area contributed by atoms with E-state index in [1.807, 2.05) is 30.3 Å². The summed E-state index contributed by atoms with van der Waals surface area (Å²) in [7, 11) is 0. The van der Waals surface area contributed by atoms with Gasteiger partial charge in [0.05, 0.1) is 0 Å². The lowest BCUT2D eigenvalue weighted by Crippen LogP contribution is -2.47. The highest BCUT2D eigenvalue weighted by molar-refractivity contribution is 5.65. The number of carboxylic acid groups (broad SMARTS) is 1. The summed E-state index contributed by atoms with van der Waals surface area (Å²) in [5, 5.41) is 18.1. The molecule has 4 nitrogen and oxygen atoms in total. The molecule has 1 saturated carbocycles. The summed E-state index contributed by atoms with van der Waals surface area (Å²) in [6.07, 6.45) is 0.667. The van der Waals surface area contributed by atoms with Gasteiger partial charge in [0.1, 0.15) is 0 Å². The summed E-state index contributed by atoms with van der Waals surface area (Å²) in [6.45, 7) is 0.592. The van der Waals surface area contributed by atoms with E-state index in [4.69, 9.17) is 5.11 Å². The number of amides is 1. The van der Waals surface area contributed by atoms with E-state index < -0.39 is 6.09 Å². The van der Waals surface area contributed by atoms with Crippen LogP contribution >= 0.6 is 0 Å². The molecular weight excluding hydrogens is 218 g/mol. The second kappa shape index (κ2) is 5.19. The Morgan fingerprint density at radius 1 is 1.29 bits per heavy atom. The second-order valence-electron chi connectivity index (χ2n) is 4.57. The molecule has 92 valence electrons. The molecule has 1 fully saturated rings. The van der Waals surface area contributed by atoms with Gasteiger partial charge in [0.15, 0.2) is 0 Å². The lowest BCUT2D eigenvalue weighted by Gasteiger charge is -2.40. The Balaban J connectivity index is 1.97. The number of hydrogen-bond acceptors (Lipinski definition) is 2. The van der Waals surface area contributed by atoms with Gasteiger partial charge >= 0.3 is 6.09 Å². The van der Waals surface area contributed by atoms with Gasteiger partial charge in [0.25, 0.3) is 0 Å². The van der Waals surface area contributed by atoms with E-state index in [1.165, 1.54) is 4.90 Å². The predicted octanol–water partition coefficient (Wildman–Crippen LogP) is 1.94. The lowest BCUT2D eigenvalue weighted by molar-refractivity contribution is 0.0416. The van der Waals surface area contributed by atoms with Crippen LogP contribution in [0.1, 0.15) is 18.4 Å². The molecule has 2 N–H and O–H groups in total. The van der Waals surface area contributed by atoms with E-state index in [-0.39, 0.29) is 18.6 Å². The third-order valence-electron chi connectivity index (χ3n) is 3.35. The maximum absolute atomic E-state index is 11.2. The Morgan fingerprint density at radius 3 is 2.47 bits per heavy atom. The summed E-state index contributed by atoms with van der Waals surface area (Å²) in [5.74, 6) is 0.276. The van der Waals surface area contributed by atoms with Gasteiger partial charge in [-0.1, -0.05) is 30.3 Å². The Bertz CT molecular complexity index is 374. The number of carbonyl (C=O) groups is 1. The molecule has 2 rings (SSSR count). The minimum absolute atomic E-state index is 0.0601. The summed E-state index contributed by atoms with van der Waals surface area (Å²) in [6, 6.07) is 9.65. The van der Waals surface area contributed by atoms with Gasteiger partial charge in [-0.15, -0.1) is 0 Å². The predicted molar refractivity (Wildman–Crippen MR) is 63.6 cm³/mol. The molecule has 0 heterocycles. The maximum atomic E-state index is 11.2. The van der Waals surface area contributed by atoms with Crippen LogP contribution in [-0.2, 0) is 6.54 Å². The zero-order valence-electron chi connectivity index (χ0n) is 9.62. The van der Waals surface area contributed by atoms with Crippen LogP contribution in [0.4, 0.5) is 4.79 Å². The Labute approximate surface area is 100 Å². The van der Waals surface area contributed by atoms with Crippen molar-refractivity contribution in [3.63, 3.8) is 0 Å². The quantitative estimate of drug-likeness (QED) is 0.838. The Hall–Kier alpha value is -1.55. The van der Waals surface area contributed by atoms with E-state index in [9.17, 15) is 9.90 Å². The van der Waals surface area contributed by atoms with Gasteiger partial charge in [-0.25, -0.2) is 4.79 Å². The average Bonchev–Trinajstić information content (AvgIpc) is 2.27. The zero-order valence-corrected chi connectivity index (χ0v) is 9.62. The molecule has 1 aliphatic rings. The molecule has 0 unspecified atom stereocenters. The summed E-state index contributed by atoms with van der Waals surface area (Å²) >= 11 is 0. The van der Waals surface area contributed by atoms with E-state index in [1.54, 1.807) is 0 Å². The zero-order chi connectivity index (χ0) is 12.3. The summed E-state index contributed by atoms with van der Waals surface area (Å²) in [5.41, 5.74) is 1.00. The molecule has 0 aromatic heterocycles. The molecule has 0 aliphatic heterocycles. The molecule has 0 radical (unpaired) electrons. The SMILES string of the molecule is O=C(O)N(Cc1ccccc1)C1CC(CO)C1. The number of benzene rings is 1. The topological polar surface area (TPSA) is 60.8 Å². The highest BCUT2D eigenvalue weighted by Crippen LogP contribution is 2.32. The van der Waals surface area contributed by atoms with Crippen molar-refractivity contribution in [2.24, 2.45) is 5.92 Å². The largest absolute Gasteiger partial charge is 0.465 e. The van der Waals surface area contributed by atoms with Gasteiger partial charge in [0, 0.05) is 19.2 Å². The number of nitrogens with zero attached hydrogens (tertiary/aromatic N) is 1. The first-order valence-electron chi connectivity index (χ1n) is 5.85. The van der Waals surface area contributed by atoms with Crippen LogP contribution in [0.2, 0.25) is 0 Å². The molecule has 0 atom stereocenters. The Morgan fingerprint density at radius 2 is 1.94 bits per heavy atom. The molecule has 1 aliphatic carbocycles. The number of aliphatic hydroxyl groups is 1. The summed E-state index contributed by atoms with van der Waals surface area (Å²) < 4.78 is 0. The molecule has 1 aromatic rings. The van der Waals surface area contributed by atoms with Crippen LogP contribution in [0.15, 0.2) is 30.3 Å². The third kappa shape index (κ3) is 2.77. The molecule has 17 heavy (non-hydrogen) atoms. The fraction of sp³-hybridized carbons (Fsp3) is 0.462. The summed E-state index contributed by atoms with van der Waals surface area (Å²) in [4.78, 5) is 12.7. The van der Waals surface area contributed by atoms with Gasteiger partial charge < -0.3 is 15.1 Å². The van der Waals surface area contributed by atoms with Crippen LogP contribution in [0, 0.1) is 5.92 Å². The van der Waals surface area contributed by atoms with E-state index in [2.05, 4.69) is 0 Å². The normalized spacial score (nSPS) is 22.9. The lowest BCUT2D eigenvalue weighted by atomic mass is 9.80. The minimum atomic E-state index is -0.879. The average molecular weight is 235 g/mol. The van der Waals surface area contributed by atoms with Crippen molar-refractivity contribution in [3.05, 3.63) is 35.9 Å². The van der Waals surface area contributed by atoms with Gasteiger partial charge in [-0.3, -0.25) is 0 Å². The number of aliphatic hydroxyl groups excluding tert-OH is 1. The van der Waals surface area contributed by atoms with Crippen LogP contribution in [0.25, 0.3) is 0 Å². The second-order valence-corrected chi connectivity index (χ2v) is 4.57. The van der Waals surface area contributed by atoms with Crippen molar-refractivity contribution >= 4 is 6.09 Å². The van der Waals surface area contributed by atoms with E-state index in [0.29, 0.717) is 6.54 Å². The first kappa shape index (κ1) is 11.9. The van der Waals surface area contributed by atoms with Crippen molar-refractivity contribution in [1.82, 2.24) is 4.90 Å². The Kier molecular flexibility index (Phi) is 3.64. The van der Waals surface area contributed by atoms with Crippen molar-refractivity contribution in [1.29, 1.82) is 0 Å². The van der Waals surface area contributed by atoms with Gasteiger partial charge in [-0.05, 0) is 24.3 Å². The highest BCUT2D eigenvalue weighted by Gasteiger charge is 2.35. The molecule has 0 spiro atoms. The maximum Gasteiger partial charge on any atom is 0.407 e. The molecule has 1 aromatic carbocycles. The molecule has 1 amide bonds. The van der Waals surface area contributed by atoms with E-state index in [0.717, 1.165) is 18.4 Å². The minimum Gasteiger partial charge on any atom is -0.465 e. The molecular formula is C13H17NO3. The molecule has 0 saturated heterocycles. The standard InChI is InChI=1S/C13H17NO3/c15-9-11-6-12(7-11)14(13(16)17)8-10-4-2-1-3-5-10/h1-5,11-12,15H,6-9H2,(H,16,17). The molecule has 4 heteroatoms. The monoisotopic (exact) mass is 235 g/mol. The van der Waals surface area contributed by atoms with Gasteiger partial charge in [0.2, 0.25) is 0 Å². The number of hydrogen-bond donors (Lipinski definition) is 2. The van der Waals surface area contributed by atoms with Crippen molar-refractivity contribution < 1.29 is 15.0 Å².